The molecule has 1 aromatic carbocycles. The number of carboxylic acid groups (broad SMARTS) is 1. The van der Waals surface area contributed by atoms with Crippen LogP contribution in [0.25, 0.3) is 0 Å². The lowest BCUT2D eigenvalue weighted by atomic mass is 10.3. The summed E-state index contributed by atoms with van der Waals surface area (Å²) in [5.74, 6) is -0.261. The van der Waals surface area contributed by atoms with Gasteiger partial charge in [-0.15, -0.1) is 11.8 Å². The molecular weight excluding hydrogens is 316 g/mol. The highest BCUT2D eigenvalue weighted by Gasteiger charge is 2.20. The van der Waals surface area contributed by atoms with Crippen LogP contribution in [-0.4, -0.2) is 60.4 Å². The van der Waals surface area contributed by atoms with Gasteiger partial charge in [0.1, 0.15) is 18.4 Å². The van der Waals surface area contributed by atoms with E-state index in [0.717, 1.165) is 10.6 Å². The van der Waals surface area contributed by atoms with Gasteiger partial charge in [0.15, 0.2) is 0 Å². The maximum absolute atomic E-state index is 11.2. The number of hydrogen-bond acceptors (Lipinski definition) is 5. The van der Waals surface area contributed by atoms with Crippen LogP contribution >= 0.6 is 11.8 Å². The van der Waals surface area contributed by atoms with Crippen molar-refractivity contribution in [1.82, 2.24) is 10.2 Å². The van der Waals surface area contributed by atoms with Crippen LogP contribution in [0.3, 0.4) is 0 Å². The lowest BCUT2D eigenvalue weighted by Gasteiger charge is -2.26. The van der Waals surface area contributed by atoms with Gasteiger partial charge in [-0.2, -0.15) is 0 Å². The van der Waals surface area contributed by atoms with Crippen LogP contribution in [0.5, 0.6) is 5.75 Å². The van der Waals surface area contributed by atoms with E-state index in [4.69, 9.17) is 9.84 Å². The molecule has 0 radical (unpaired) electrons. The fourth-order valence-corrected chi connectivity index (χ4v) is 2.39. The molecule has 0 aliphatic carbocycles. The van der Waals surface area contributed by atoms with Gasteiger partial charge < -0.3 is 15.2 Å². The van der Waals surface area contributed by atoms with Gasteiger partial charge in [0.05, 0.1) is 0 Å². The maximum atomic E-state index is 11.2. The van der Waals surface area contributed by atoms with Crippen molar-refractivity contribution in [2.24, 2.45) is 0 Å². The molecule has 2 N–H and O–H groups in total. The van der Waals surface area contributed by atoms with E-state index in [1.807, 2.05) is 30.5 Å². The second-order valence-electron chi connectivity index (χ2n) is 5.06. The number of ether oxygens (including phenoxy) is 1. The number of nitrogens with one attached hydrogen (secondary N) is 1. The summed E-state index contributed by atoms with van der Waals surface area (Å²) in [7, 11) is 0. The van der Waals surface area contributed by atoms with E-state index in [0.29, 0.717) is 26.2 Å². The van der Waals surface area contributed by atoms with Crippen LogP contribution in [0, 0.1) is 0 Å². The maximum Gasteiger partial charge on any atom is 0.320 e. The van der Waals surface area contributed by atoms with Gasteiger partial charge in [0.25, 0.3) is 0 Å². The molecule has 0 aliphatic rings. The molecule has 1 rings (SSSR count). The first-order valence-corrected chi connectivity index (χ1v) is 8.64. The molecular formula is C16H24N2O4S. The minimum absolute atomic E-state index is 0.127. The average molecular weight is 340 g/mol. The number of carbonyl (C=O) groups excluding carboxylic acids is 1. The Morgan fingerprint density at radius 1 is 1.30 bits per heavy atom. The lowest BCUT2D eigenvalue weighted by Crippen LogP contribution is -2.45. The monoisotopic (exact) mass is 340 g/mol. The fraction of sp³-hybridized carbons (Fsp3) is 0.500. The molecule has 0 aliphatic heterocycles. The van der Waals surface area contributed by atoms with Gasteiger partial charge in [-0.1, -0.05) is 0 Å². The first kappa shape index (κ1) is 19.3. The second kappa shape index (κ2) is 10.1. The van der Waals surface area contributed by atoms with Crippen LogP contribution in [0.15, 0.2) is 29.2 Å². The normalized spacial score (nSPS) is 12.0. The van der Waals surface area contributed by atoms with Gasteiger partial charge in [0, 0.05) is 31.5 Å². The smallest absolute Gasteiger partial charge is 0.320 e. The number of amides is 1. The minimum Gasteiger partial charge on any atom is -0.492 e. The van der Waals surface area contributed by atoms with Crippen molar-refractivity contribution in [3.8, 4) is 5.75 Å². The molecule has 23 heavy (non-hydrogen) atoms. The van der Waals surface area contributed by atoms with Crippen molar-refractivity contribution in [1.29, 1.82) is 0 Å². The predicted octanol–water partition coefficient (Wildman–Crippen LogP) is 1.70. The van der Waals surface area contributed by atoms with E-state index < -0.39 is 12.0 Å². The van der Waals surface area contributed by atoms with Crippen molar-refractivity contribution in [3.05, 3.63) is 24.3 Å². The standard InChI is InChI=1S/C16H24N2O4S/c1-12(16(20)21)18(9-8-17-13(2)19)10-11-22-14-4-6-15(23-3)7-5-14/h4-7,12H,8-11H2,1-3H3,(H,17,19)(H,20,21). The topological polar surface area (TPSA) is 78.9 Å². The zero-order chi connectivity index (χ0) is 17.2. The molecule has 128 valence electrons. The van der Waals surface area contributed by atoms with E-state index in [2.05, 4.69) is 5.32 Å². The highest BCUT2D eigenvalue weighted by atomic mass is 32.2. The molecule has 0 saturated carbocycles. The molecule has 6 nitrogen and oxygen atoms in total. The number of carboxylic acids is 1. The molecule has 1 aromatic rings. The SMILES string of the molecule is CSc1ccc(OCCN(CCNC(C)=O)C(C)C(=O)O)cc1. The van der Waals surface area contributed by atoms with Crippen molar-refractivity contribution in [2.75, 3.05) is 32.5 Å². The van der Waals surface area contributed by atoms with Crippen molar-refractivity contribution >= 4 is 23.6 Å². The Morgan fingerprint density at radius 2 is 1.96 bits per heavy atom. The van der Waals surface area contributed by atoms with Gasteiger partial charge in [-0.25, -0.2) is 0 Å². The second-order valence-corrected chi connectivity index (χ2v) is 5.94. The number of carbonyl (C=O) groups is 2. The first-order chi connectivity index (χ1) is 10.9. The minimum atomic E-state index is -0.892. The molecule has 0 heterocycles. The largest absolute Gasteiger partial charge is 0.492 e. The average Bonchev–Trinajstić information content (AvgIpc) is 2.53. The van der Waals surface area contributed by atoms with E-state index in [9.17, 15) is 9.59 Å². The van der Waals surface area contributed by atoms with Crippen LogP contribution in [0.4, 0.5) is 0 Å². The van der Waals surface area contributed by atoms with E-state index in [1.54, 1.807) is 23.6 Å². The molecule has 1 atom stereocenters. The molecule has 1 unspecified atom stereocenters. The molecule has 0 saturated heterocycles. The number of aliphatic carboxylic acids is 1. The highest BCUT2D eigenvalue weighted by molar-refractivity contribution is 7.98. The van der Waals surface area contributed by atoms with Crippen molar-refractivity contribution in [2.45, 2.75) is 24.8 Å². The zero-order valence-electron chi connectivity index (χ0n) is 13.7. The Hall–Kier alpha value is -1.73. The summed E-state index contributed by atoms with van der Waals surface area (Å²) in [4.78, 5) is 25.0. The third kappa shape index (κ3) is 7.38. The van der Waals surface area contributed by atoms with Crippen LogP contribution in [0.2, 0.25) is 0 Å². The van der Waals surface area contributed by atoms with Crippen LogP contribution < -0.4 is 10.1 Å². The molecule has 0 fully saturated rings. The van der Waals surface area contributed by atoms with Gasteiger partial charge in [0.2, 0.25) is 5.91 Å². The van der Waals surface area contributed by atoms with Crippen molar-refractivity contribution < 1.29 is 19.4 Å². The third-order valence-electron chi connectivity index (χ3n) is 3.38. The lowest BCUT2D eigenvalue weighted by molar-refractivity contribution is -0.142. The number of rotatable bonds is 10. The summed E-state index contributed by atoms with van der Waals surface area (Å²) in [5.41, 5.74) is 0. The predicted molar refractivity (Wildman–Crippen MR) is 91.1 cm³/mol. The summed E-state index contributed by atoms with van der Waals surface area (Å²) in [6, 6.07) is 7.12. The molecule has 0 bridgehead atoms. The molecule has 7 heteroatoms. The number of benzene rings is 1. The first-order valence-electron chi connectivity index (χ1n) is 7.42. The Balaban J connectivity index is 2.48. The highest BCUT2D eigenvalue weighted by Crippen LogP contribution is 2.18. The Labute approximate surface area is 141 Å². The molecule has 1 amide bonds. The van der Waals surface area contributed by atoms with Crippen LogP contribution in [0.1, 0.15) is 13.8 Å². The van der Waals surface area contributed by atoms with E-state index in [1.165, 1.54) is 6.92 Å². The summed E-state index contributed by atoms with van der Waals surface area (Å²) >= 11 is 1.66. The fourth-order valence-electron chi connectivity index (χ4n) is 1.98. The quantitative estimate of drug-likeness (QED) is 0.631. The number of nitrogens with zero attached hydrogens (tertiary/aromatic N) is 1. The number of thioether (sulfide) groups is 1. The molecule has 0 aromatic heterocycles. The Morgan fingerprint density at radius 3 is 2.48 bits per heavy atom. The summed E-state index contributed by atoms with van der Waals surface area (Å²) < 4.78 is 5.66. The number of hydrogen-bond donors (Lipinski definition) is 2. The van der Waals surface area contributed by atoms with Crippen LogP contribution in [-0.2, 0) is 9.59 Å². The summed E-state index contributed by atoms with van der Waals surface area (Å²) in [5, 5.41) is 11.8. The van der Waals surface area contributed by atoms with Gasteiger partial charge in [-0.3, -0.25) is 14.5 Å². The summed E-state index contributed by atoms with van der Waals surface area (Å²) in [6.45, 7) is 4.79. The molecule has 0 spiro atoms. The summed E-state index contributed by atoms with van der Waals surface area (Å²) in [6.07, 6.45) is 2.01. The zero-order valence-corrected chi connectivity index (χ0v) is 14.6. The van der Waals surface area contributed by atoms with Crippen molar-refractivity contribution in [3.63, 3.8) is 0 Å². The third-order valence-corrected chi connectivity index (χ3v) is 4.13. The van der Waals surface area contributed by atoms with Gasteiger partial charge >= 0.3 is 5.97 Å². The van der Waals surface area contributed by atoms with E-state index >= 15 is 0 Å². The van der Waals surface area contributed by atoms with E-state index in [-0.39, 0.29) is 5.91 Å². The van der Waals surface area contributed by atoms with Gasteiger partial charge in [-0.05, 0) is 37.4 Å². The Bertz CT molecular complexity index is 507. The Kier molecular flexibility index (Phi) is 8.50.